The van der Waals surface area contributed by atoms with Crippen molar-refractivity contribution in [1.29, 1.82) is 0 Å². The Kier molecular flexibility index (Phi) is 5.99. The van der Waals surface area contributed by atoms with E-state index in [2.05, 4.69) is 52.9 Å². The first-order valence-electron chi connectivity index (χ1n) is 9.32. The monoisotopic (exact) mass is 376 g/mol. The maximum absolute atomic E-state index is 9.29. The second-order valence-corrected chi connectivity index (χ2v) is 7.79. The quantitative estimate of drug-likeness (QED) is 0.658. The van der Waals surface area contributed by atoms with Gasteiger partial charge in [-0.15, -0.1) is 0 Å². The van der Waals surface area contributed by atoms with E-state index < -0.39 is 0 Å². The normalized spacial score (nSPS) is 12.6. The number of hydrogen-bond acceptors (Lipinski definition) is 6. The summed E-state index contributed by atoms with van der Waals surface area (Å²) in [6, 6.07) is 11.4. The Bertz CT molecular complexity index is 936. The molecule has 0 saturated carbocycles. The van der Waals surface area contributed by atoms with Crippen molar-refractivity contribution in [3.05, 3.63) is 67.1 Å². The molecule has 3 rings (SSSR count). The minimum Gasteiger partial charge on any atom is -0.392 e. The lowest BCUT2D eigenvalue weighted by Crippen LogP contribution is -2.19. The topological polar surface area (TPSA) is 83.8 Å². The Morgan fingerprint density at radius 2 is 1.93 bits per heavy atom. The van der Waals surface area contributed by atoms with Crippen LogP contribution in [0.3, 0.4) is 0 Å². The zero-order valence-electron chi connectivity index (χ0n) is 16.6. The molecular weight excluding hydrogens is 350 g/mol. The molecule has 1 radical (unpaired) electrons. The number of anilines is 2. The number of aliphatic hydroxyl groups is 1. The molecule has 0 spiro atoms. The van der Waals surface area contributed by atoms with Crippen molar-refractivity contribution in [1.82, 2.24) is 19.9 Å². The third kappa shape index (κ3) is 4.70. The zero-order valence-corrected chi connectivity index (χ0v) is 16.6. The van der Waals surface area contributed by atoms with Crippen molar-refractivity contribution in [2.24, 2.45) is 5.41 Å². The first-order valence-corrected chi connectivity index (χ1v) is 9.32. The van der Waals surface area contributed by atoms with E-state index >= 15 is 0 Å². The molecule has 0 amide bonds. The lowest BCUT2D eigenvalue weighted by Gasteiger charge is -2.29. The van der Waals surface area contributed by atoms with Gasteiger partial charge in [-0.3, -0.25) is 4.98 Å². The number of rotatable bonds is 6. The minimum absolute atomic E-state index is 0.0149. The lowest BCUT2D eigenvalue weighted by atomic mass is 9.77. The van der Waals surface area contributed by atoms with E-state index in [-0.39, 0.29) is 17.9 Å². The van der Waals surface area contributed by atoms with Crippen LogP contribution in [0.2, 0.25) is 0 Å². The molecule has 1 unspecified atom stereocenters. The van der Waals surface area contributed by atoms with Crippen molar-refractivity contribution in [3.63, 3.8) is 0 Å². The van der Waals surface area contributed by atoms with Crippen LogP contribution in [0.25, 0.3) is 11.4 Å². The molecule has 1 aromatic carbocycles. The van der Waals surface area contributed by atoms with E-state index in [1.807, 2.05) is 36.4 Å². The fourth-order valence-corrected chi connectivity index (χ4v) is 3.17. The molecule has 2 aromatic heterocycles. The van der Waals surface area contributed by atoms with Crippen molar-refractivity contribution >= 4 is 11.6 Å². The minimum atomic E-state index is -0.0149. The van der Waals surface area contributed by atoms with Gasteiger partial charge in [0.2, 0.25) is 5.95 Å². The van der Waals surface area contributed by atoms with Gasteiger partial charge in [-0.2, -0.15) is 4.98 Å². The maximum atomic E-state index is 9.29. The van der Waals surface area contributed by atoms with E-state index in [0.717, 1.165) is 28.9 Å². The van der Waals surface area contributed by atoms with Crippen LogP contribution in [0.15, 0.2) is 48.9 Å². The molecule has 3 aromatic rings. The third-order valence-corrected chi connectivity index (χ3v) is 4.67. The molecule has 0 fully saturated rings. The summed E-state index contributed by atoms with van der Waals surface area (Å²) in [4.78, 5) is 17.6. The Labute approximate surface area is 166 Å². The fourth-order valence-electron chi connectivity index (χ4n) is 3.17. The Hall–Kier alpha value is -2.86. The van der Waals surface area contributed by atoms with Crippen molar-refractivity contribution in [2.75, 3.05) is 5.32 Å². The molecule has 0 aliphatic carbocycles. The van der Waals surface area contributed by atoms with Crippen molar-refractivity contribution in [2.45, 2.75) is 39.7 Å². The zero-order chi connectivity index (χ0) is 20.1. The van der Waals surface area contributed by atoms with Crippen LogP contribution in [0, 0.1) is 12.3 Å². The van der Waals surface area contributed by atoms with Gasteiger partial charge in [0.05, 0.1) is 6.61 Å². The van der Waals surface area contributed by atoms with E-state index in [9.17, 15) is 5.11 Å². The summed E-state index contributed by atoms with van der Waals surface area (Å²) in [5.41, 5.74) is 3.58. The second-order valence-electron chi connectivity index (χ2n) is 7.79. The number of aliphatic hydroxyl groups excluding tert-OH is 1. The summed E-state index contributed by atoms with van der Waals surface area (Å²) in [6.07, 6.45) is 4.05. The fraction of sp³-hybridized carbons (Fsp3) is 0.318. The molecule has 0 aliphatic heterocycles. The summed E-state index contributed by atoms with van der Waals surface area (Å²) in [6.45, 7) is 10.7. The lowest BCUT2D eigenvalue weighted by molar-refractivity contribution is 0.282. The van der Waals surface area contributed by atoms with Gasteiger partial charge < -0.3 is 10.4 Å². The SMILES string of the molecule is [CH2]CC(c1cc(-c2ncnc(Nc3cccc(CO)c3)n2)ccn1)C(C)(C)C. The van der Waals surface area contributed by atoms with Crippen LogP contribution in [-0.2, 0) is 6.61 Å². The van der Waals surface area contributed by atoms with Crippen molar-refractivity contribution < 1.29 is 5.11 Å². The van der Waals surface area contributed by atoms with Crippen LogP contribution in [0.1, 0.15) is 44.4 Å². The number of nitrogens with zero attached hydrogens (tertiary/aromatic N) is 4. The standard InChI is InChI=1S/C22H26N5O/c1-5-18(22(2,3)4)19-12-16(9-10-23-19)20-24-14-25-21(27-20)26-17-8-6-7-15(11-17)13-28/h6-12,14,18,28H,1,5,13H2,2-4H3,(H,24,25,26,27). The highest BCUT2D eigenvalue weighted by molar-refractivity contribution is 5.59. The van der Waals surface area contributed by atoms with Crippen LogP contribution in [0.4, 0.5) is 11.6 Å². The average molecular weight is 376 g/mol. The summed E-state index contributed by atoms with van der Waals surface area (Å²) in [7, 11) is 0. The van der Waals surface area contributed by atoms with Gasteiger partial charge >= 0.3 is 0 Å². The molecule has 1 atom stereocenters. The number of pyridine rings is 1. The molecule has 145 valence electrons. The van der Waals surface area contributed by atoms with Crippen LogP contribution < -0.4 is 5.32 Å². The number of nitrogens with one attached hydrogen (secondary N) is 1. The van der Waals surface area contributed by atoms with Gasteiger partial charge in [0.1, 0.15) is 6.33 Å². The summed E-state index contributed by atoms with van der Waals surface area (Å²) >= 11 is 0. The summed E-state index contributed by atoms with van der Waals surface area (Å²) in [5, 5.41) is 12.5. The van der Waals surface area contributed by atoms with E-state index in [0.29, 0.717) is 11.8 Å². The van der Waals surface area contributed by atoms with E-state index in [1.165, 1.54) is 6.33 Å². The average Bonchev–Trinajstić information content (AvgIpc) is 2.68. The van der Waals surface area contributed by atoms with Gasteiger partial charge in [-0.25, -0.2) is 9.97 Å². The van der Waals surface area contributed by atoms with Crippen molar-refractivity contribution in [3.8, 4) is 11.4 Å². The Balaban J connectivity index is 1.89. The number of benzene rings is 1. The molecule has 28 heavy (non-hydrogen) atoms. The second kappa shape index (κ2) is 8.44. The maximum Gasteiger partial charge on any atom is 0.230 e. The van der Waals surface area contributed by atoms with Gasteiger partial charge in [-0.1, -0.05) is 39.8 Å². The highest BCUT2D eigenvalue weighted by Gasteiger charge is 2.26. The first-order chi connectivity index (χ1) is 13.4. The summed E-state index contributed by atoms with van der Waals surface area (Å²) in [5.74, 6) is 1.27. The van der Waals surface area contributed by atoms with Crippen LogP contribution in [0.5, 0.6) is 0 Å². The molecule has 2 heterocycles. The van der Waals surface area contributed by atoms with Gasteiger partial charge in [0.25, 0.3) is 0 Å². The smallest absolute Gasteiger partial charge is 0.230 e. The molecular formula is C22H26N5O. The highest BCUT2D eigenvalue weighted by Crippen LogP contribution is 2.37. The molecule has 0 bridgehead atoms. The van der Waals surface area contributed by atoms with Gasteiger partial charge in [0, 0.05) is 29.1 Å². The highest BCUT2D eigenvalue weighted by atomic mass is 16.3. The molecule has 6 nitrogen and oxygen atoms in total. The molecule has 0 saturated heterocycles. The molecule has 0 aliphatic rings. The predicted octanol–water partition coefficient (Wildman–Crippen LogP) is 4.52. The molecule has 2 N–H and O–H groups in total. The van der Waals surface area contributed by atoms with E-state index in [4.69, 9.17) is 0 Å². The number of hydrogen-bond donors (Lipinski definition) is 2. The Morgan fingerprint density at radius 1 is 1.11 bits per heavy atom. The van der Waals surface area contributed by atoms with E-state index in [1.54, 1.807) is 6.20 Å². The van der Waals surface area contributed by atoms with Crippen LogP contribution in [-0.4, -0.2) is 25.0 Å². The molecule has 6 heteroatoms. The predicted molar refractivity (Wildman–Crippen MR) is 111 cm³/mol. The Morgan fingerprint density at radius 3 is 2.64 bits per heavy atom. The third-order valence-electron chi connectivity index (χ3n) is 4.67. The van der Waals surface area contributed by atoms with Gasteiger partial charge in [-0.05, 0) is 41.7 Å². The van der Waals surface area contributed by atoms with Crippen LogP contribution >= 0.6 is 0 Å². The first kappa shape index (κ1) is 19.9. The largest absolute Gasteiger partial charge is 0.392 e. The van der Waals surface area contributed by atoms with Gasteiger partial charge in [0.15, 0.2) is 5.82 Å². The number of aromatic nitrogens is 4. The summed E-state index contributed by atoms with van der Waals surface area (Å²) < 4.78 is 0.